The van der Waals surface area contributed by atoms with Gasteiger partial charge in [-0.25, -0.2) is 4.98 Å². The Balaban J connectivity index is 2.08. The lowest BCUT2D eigenvalue weighted by molar-refractivity contribution is -0.130. The Labute approximate surface area is 172 Å². The number of aryl methyl sites for hydroxylation is 2. The lowest BCUT2D eigenvalue weighted by atomic mass is 9.95. The Hall–Kier alpha value is -2.16. The highest BCUT2D eigenvalue weighted by Crippen LogP contribution is 2.40. The van der Waals surface area contributed by atoms with Gasteiger partial charge in [-0.15, -0.1) is 23.1 Å². The van der Waals surface area contributed by atoms with E-state index in [2.05, 4.69) is 4.98 Å². The monoisotopic (exact) mass is 418 g/mol. The maximum absolute atomic E-state index is 13.3. The van der Waals surface area contributed by atoms with E-state index in [-0.39, 0.29) is 17.9 Å². The van der Waals surface area contributed by atoms with Crippen molar-refractivity contribution in [1.82, 2.24) is 9.88 Å². The van der Waals surface area contributed by atoms with Crippen molar-refractivity contribution < 1.29 is 19.4 Å². The molecule has 6 nitrogen and oxygen atoms in total. The number of hydrogen-bond donors (Lipinski definition) is 1. The number of methoxy groups -OCH3 is 1. The molecule has 0 radical (unpaired) electrons. The first-order valence-corrected chi connectivity index (χ1v) is 10.8. The van der Waals surface area contributed by atoms with Crippen LogP contribution < -0.4 is 0 Å². The molecule has 1 aliphatic rings. The van der Waals surface area contributed by atoms with Crippen LogP contribution in [0.5, 0.6) is 0 Å². The third kappa shape index (κ3) is 3.72. The molecule has 1 aromatic heterocycles. The van der Waals surface area contributed by atoms with Crippen molar-refractivity contribution in [3.05, 3.63) is 56.7 Å². The predicted octanol–water partition coefficient (Wildman–Crippen LogP) is 3.71. The number of Topliss-reactive ketones (excluding diaryl/α,β-unsaturated/α-hetero) is 1. The summed E-state index contributed by atoms with van der Waals surface area (Å²) in [6.45, 7) is 4.16. The average molecular weight is 419 g/mol. The highest BCUT2D eigenvalue weighted by molar-refractivity contribution is 7.98. The van der Waals surface area contributed by atoms with Crippen molar-refractivity contribution in [3.8, 4) is 0 Å². The summed E-state index contributed by atoms with van der Waals surface area (Å²) in [7, 11) is 1.55. The van der Waals surface area contributed by atoms with Crippen LogP contribution in [0.1, 0.15) is 32.0 Å². The maximum atomic E-state index is 13.3. The number of benzene rings is 1. The Morgan fingerprint density at radius 2 is 2.00 bits per heavy atom. The molecule has 28 heavy (non-hydrogen) atoms. The number of amides is 1. The van der Waals surface area contributed by atoms with Gasteiger partial charge in [0.2, 0.25) is 5.78 Å². The topological polar surface area (TPSA) is 79.7 Å². The molecule has 0 spiro atoms. The summed E-state index contributed by atoms with van der Waals surface area (Å²) in [5.74, 6) is -1.41. The van der Waals surface area contributed by atoms with Gasteiger partial charge in [0.25, 0.3) is 5.91 Å². The molecule has 0 aliphatic carbocycles. The fraction of sp³-hybridized carbons (Fsp3) is 0.350. The number of aliphatic hydroxyl groups is 1. The zero-order valence-corrected chi connectivity index (χ0v) is 17.8. The van der Waals surface area contributed by atoms with Crippen LogP contribution in [0.2, 0.25) is 0 Å². The van der Waals surface area contributed by atoms with Gasteiger partial charge >= 0.3 is 0 Å². The highest BCUT2D eigenvalue weighted by Gasteiger charge is 2.44. The first-order chi connectivity index (χ1) is 13.4. The molecule has 0 bridgehead atoms. The summed E-state index contributed by atoms with van der Waals surface area (Å²) in [5.41, 5.74) is 1.48. The first kappa shape index (κ1) is 20.6. The number of aromatic nitrogens is 1. The number of carbonyl (C=O) groups excluding carboxylic acids is 2. The number of ether oxygens (including phenoxy) is 1. The smallest absolute Gasteiger partial charge is 0.290 e. The molecule has 1 N–H and O–H groups in total. The minimum atomic E-state index is -0.659. The van der Waals surface area contributed by atoms with E-state index < -0.39 is 17.7 Å². The molecule has 1 unspecified atom stereocenters. The van der Waals surface area contributed by atoms with Crippen molar-refractivity contribution in [1.29, 1.82) is 0 Å². The quantitative estimate of drug-likeness (QED) is 0.545. The molecular formula is C20H22N2O4S2. The van der Waals surface area contributed by atoms with Gasteiger partial charge in [0, 0.05) is 18.6 Å². The number of thiazole rings is 1. The number of thioether (sulfide) groups is 1. The molecule has 8 heteroatoms. The van der Waals surface area contributed by atoms with Gasteiger partial charge in [-0.2, -0.15) is 0 Å². The van der Waals surface area contributed by atoms with E-state index in [4.69, 9.17) is 4.74 Å². The lowest BCUT2D eigenvalue weighted by Crippen LogP contribution is -2.34. The zero-order valence-electron chi connectivity index (χ0n) is 16.2. The largest absolute Gasteiger partial charge is 0.503 e. The zero-order chi connectivity index (χ0) is 20.4. The van der Waals surface area contributed by atoms with Gasteiger partial charge < -0.3 is 14.7 Å². The van der Waals surface area contributed by atoms with Crippen LogP contribution in [-0.4, -0.2) is 53.2 Å². The Kier molecular flexibility index (Phi) is 6.22. The summed E-state index contributed by atoms with van der Waals surface area (Å²) in [6.07, 6.45) is 1.98. The standard InChI is InChI=1S/C20H22N2O4S2/c1-11-19(28-12(2)21-11)17(23)15-16(13-5-7-14(27-4)8-6-13)22(9-10-26-3)20(25)18(15)24/h5-8,16,24H,9-10H2,1-4H3. The molecule has 1 amide bonds. The van der Waals surface area contributed by atoms with Crippen LogP contribution in [0.3, 0.4) is 0 Å². The molecule has 148 valence electrons. The Bertz CT molecular complexity index is 934. The van der Waals surface area contributed by atoms with E-state index in [1.807, 2.05) is 37.4 Å². The number of carbonyl (C=O) groups is 2. The summed E-state index contributed by atoms with van der Waals surface area (Å²) in [6, 6.07) is 7.00. The van der Waals surface area contributed by atoms with E-state index >= 15 is 0 Å². The van der Waals surface area contributed by atoms with Crippen molar-refractivity contribution in [2.24, 2.45) is 0 Å². The molecular weight excluding hydrogens is 396 g/mol. The molecule has 0 saturated heterocycles. The van der Waals surface area contributed by atoms with Crippen LogP contribution in [-0.2, 0) is 9.53 Å². The number of ketones is 1. The van der Waals surface area contributed by atoms with E-state index in [0.717, 1.165) is 15.5 Å². The van der Waals surface area contributed by atoms with Crippen molar-refractivity contribution in [2.75, 3.05) is 26.5 Å². The Morgan fingerprint density at radius 1 is 1.32 bits per heavy atom. The number of rotatable bonds is 7. The lowest BCUT2D eigenvalue weighted by Gasteiger charge is -2.26. The van der Waals surface area contributed by atoms with E-state index in [1.165, 1.54) is 16.2 Å². The van der Waals surface area contributed by atoms with Gasteiger partial charge in [-0.3, -0.25) is 9.59 Å². The summed E-state index contributed by atoms with van der Waals surface area (Å²) < 4.78 is 5.12. The van der Waals surface area contributed by atoms with E-state index in [0.29, 0.717) is 17.2 Å². The van der Waals surface area contributed by atoms with Gasteiger partial charge in [-0.1, -0.05) is 12.1 Å². The first-order valence-electron chi connectivity index (χ1n) is 8.74. The second kappa shape index (κ2) is 8.46. The van der Waals surface area contributed by atoms with Gasteiger partial charge in [0.15, 0.2) is 5.76 Å². The Morgan fingerprint density at radius 3 is 2.54 bits per heavy atom. The van der Waals surface area contributed by atoms with Crippen LogP contribution >= 0.6 is 23.1 Å². The normalized spacial score (nSPS) is 16.9. The van der Waals surface area contributed by atoms with Crippen LogP contribution in [0.4, 0.5) is 0 Å². The van der Waals surface area contributed by atoms with Crippen molar-refractivity contribution in [2.45, 2.75) is 24.8 Å². The fourth-order valence-corrected chi connectivity index (χ4v) is 4.59. The molecule has 0 fully saturated rings. The third-order valence-corrected chi connectivity index (χ3v) is 6.44. The van der Waals surface area contributed by atoms with Crippen LogP contribution in [0.25, 0.3) is 0 Å². The second-order valence-electron chi connectivity index (χ2n) is 6.41. The molecule has 1 aromatic carbocycles. The second-order valence-corrected chi connectivity index (χ2v) is 8.49. The number of aliphatic hydroxyl groups excluding tert-OH is 1. The number of nitrogens with zero attached hydrogens (tertiary/aromatic N) is 2. The molecule has 3 rings (SSSR count). The van der Waals surface area contributed by atoms with Crippen LogP contribution in [0, 0.1) is 13.8 Å². The molecule has 2 aromatic rings. The SMILES string of the molecule is COCCN1C(=O)C(O)=C(C(=O)c2sc(C)nc2C)C1c1ccc(SC)cc1. The third-order valence-electron chi connectivity index (χ3n) is 4.63. The molecule has 1 atom stereocenters. The van der Waals surface area contributed by atoms with E-state index in [1.54, 1.807) is 25.8 Å². The molecule has 2 heterocycles. The predicted molar refractivity (Wildman–Crippen MR) is 110 cm³/mol. The van der Waals surface area contributed by atoms with Gasteiger partial charge in [0.05, 0.1) is 33.8 Å². The average Bonchev–Trinajstić information content (AvgIpc) is 3.16. The van der Waals surface area contributed by atoms with Gasteiger partial charge in [-0.05, 0) is 37.8 Å². The summed E-state index contributed by atoms with van der Waals surface area (Å²) in [4.78, 5) is 33.4. The minimum Gasteiger partial charge on any atom is -0.503 e. The van der Waals surface area contributed by atoms with Crippen molar-refractivity contribution in [3.63, 3.8) is 0 Å². The molecule has 0 saturated carbocycles. The fourth-order valence-electron chi connectivity index (χ4n) is 3.30. The summed E-state index contributed by atoms with van der Waals surface area (Å²) in [5, 5.41) is 11.4. The number of hydrogen-bond acceptors (Lipinski definition) is 7. The highest BCUT2D eigenvalue weighted by atomic mass is 32.2. The maximum Gasteiger partial charge on any atom is 0.290 e. The van der Waals surface area contributed by atoms with E-state index in [9.17, 15) is 14.7 Å². The minimum absolute atomic E-state index is 0.102. The van der Waals surface area contributed by atoms with Crippen LogP contribution in [0.15, 0.2) is 40.5 Å². The summed E-state index contributed by atoms with van der Waals surface area (Å²) >= 11 is 2.88. The van der Waals surface area contributed by atoms with Gasteiger partial charge in [0.1, 0.15) is 0 Å². The van der Waals surface area contributed by atoms with Crippen molar-refractivity contribution >= 4 is 34.8 Å². The molecule has 1 aliphatic heterocycles.